The Balaban J connectivity index is 2.04. The minimum absolute atomic E-state index is 0.266. The molecule has 1 aliphatic rings. The van der Waals surface area contributed by atoms with Gasteiger partial charge in [-0.15, -0.1) is 0 Å². The van der Waals surface area contributed by atoms with Crippen molar-refractivity contribution in [1.29, 1.82) is 0 Å². The van der Waals surface area contributed by atoms with E-state index in [1.165, 1.54) is 12.1 Å². The van der Waals surface area contributed by atoms with Crippen LogP contribution in [0.15, 0.2) is 18.2 Å². The van der Waals surface area contributed by atoms with Crippen molar-refractivity contribution >= 4 is 11.7 Å². The lowest BCUT2D eigenvalue weighted by Gasteiger charge is -2.36. The number of nitro groups is 1. The number of benzene rings is 1. The van der Waals surface area contributed by atoms with Gasteiger partial charge < -0.3 is 5.11 Å². The third-order valence-corrected chi connectivity index (χ3v) is 4.04. The van der Waals surface area contributed by atoms with Crippen LogP contribution < -0.4 is 0 Å². The molecule has 0 radical (unpaired) electrons. The van der Waals surface area contributed by atoms with Crippen molar-refractivity contribution in [1.82, 2.24) is 4.90 Å². The van der Waals surface area contributed by atoms with Gasteiger partial charge in [-0.3, -0.25) is 19.8 Å². The molecule has 1 N–H and O–H groups in total. The Morgan fingerprint density at radius 2 is 2.05 bits per heavy atom. The van der Waals surface area contributed by atoms with Crippen LogP contribution in [0.25, 0.3) is 0 Å². The molecule has 21 heavy (non-hydrogen) atoms. The van der Waals surface area contributed by atoms with Gasteiger partial charge >= 0.3 is 5.97 Å². The van der Waals surface area contributed by atoms with Crippen molar-refractivity contribution in [2.75, 3.05) is 13.1 Å². The Morgan fingerprint density at radius 1 is 1.43 bits per heavy atom. The molecule has 7 heteroatoms. The summed E-state index contributed by atoms with van der Waals surface area (Å²) in [5, 5.41) is 19.9. The fourth-order valence-electron chi connectivity index (χ4n) is 2.51. The Hall–Kier alpha value is -2.02. The number of nitro benzene ring substituents is 1. The van der Waals surface area contributed by atoms with Crippen molar-refractivity contribution in [3.05, 3.63) is 39.7 Å². The lowest BCUT2D eigenvalue weighted by Crippen LogP contribution is -2.42. The number of halogens is 1. The normalized spacial score (nSPS) is 18.4. The number of non-ortho nitro benzene ring substituents is 1. The smallest absolute Gasteiger partial charge is 0.309 e. The lowest BCUT2D eigenvalue weighted by molar-refractivity contribution is -0.385. The molecule has 114 valence electrons. The van der Waals surface area contributed by atoms with Gasteiger partial charge in [0.05, 0.1) is 16.4 Å². The summed E-state index contributed by atoms with van der Waals surface area (Å²) in [7, 11) is 0. The molecule has 6 nitrogen and oxygen atoms in total. The van der Waals surface area contributed by atoms with E-state index in [1.54, 1.807) is 6.92 Å². The third-order valence-electron chi connectivity index (χ3n) is 4.04. The molecule has 1 heterocycles. The molecule has 0 aromatic heterocycles. The van der Waals surface area contributed by atoms with Crippen molar-refractivity contribution in [3.8, 4) is 0 Å². The highest BCUT2D eigenvalue weighted by atomic mass is 19.1. The second-order valence-electron chi connectivity index (χ2n) is 5.72. The molecule has 2 rings (SSSR count). The van der Waals surface area contributed by atoms with E-state index < -0.39 is 22.1 Å². The largest absolute Gasteiger partial charge is 0.481 e. The van der Waals surface area contributed by atoms with Crippen LogP contribution in [0.1, 0.15) is 25.3 Å². The van der Waals surface area contributed by atoms with Crippen LogP contribution in [0, 0.1) is 21.3 Å². The Labute approximate surface area is 121 Å². The van der Waals surface area contributed by atoms with E-state index in [2.05, 4.69) is 0 Å². The summed E-state index contributed by atoms with van der Waals surface area (Å²) in [4.78, 5) is 23.2. The second-order valence-corrected chi connectivity index (χ2v) is 5.72. The first kappa shape index (κ1) is 15.4. The monoisotopic (exact) mass is 296 g/mol. The van der Waals surface area contributed by atoms with Gasteiger partial charge in [-0.1, -0.05) is 0 Å². The van der Waals surface area contributed by atoms with Crippen LogP contribution in [-0.4, -0.2) is 34.0 Å². The fourth-order valence-corrected chi connectivity index (χ4v) is 2.51. The van der Waals surface area contributed by atoms with E-state index in [0.29, 0.717) is 38.0 Å². The molecule has 1 fully saturated rings. The number of carboxylic acid groups (broad SMARTS) is 1. The average molecular weight is 296 g/mol. The Kier molecular flexibility index (Phi) is 4.22. The van der Waals surface area contributed by atoms with E-state index in [-0.39, 0.29) is 5.69 Å². The highest BCUT2D eigenvalue weighted by Crippen LogP contribution is 2.31. The van der Waals surface area contributed by atoms with Gasteiger partial charge in [-0.05, 0) is 44.5 Å². The van der Waals surface area contributed by atoms with E-state index in [1.807, 2.05) is 4.90 Å². The zero-order valence-electron chi connectivity index (χ0n) is 11.7. The molecule has 0 aliphatic carbocycles. The van der Waals surface area contributed by atoms with Crippen LogP contribution in [0.5, 0.6) is 0 Å². The molecule has 1 aromatic carbocycles. The van der Waals surface area contributed by atoms with E-state index in [4.69, 9.17) is 5.11 Å². The minimum Gasteiger partial charge on any atom is -0.481 e. The summed E-state index contributed by atoms with van der Waals surface area (Å²) in [5.41, 5.74) is -0.456. The zero-order chi connectivity index (χ0) is 15.6. The van der Waals surface area contributed by atoms with E-state index in [0.717, 1.165) is 6.07 Å². The van der Waals surface area contributed by atoms with Crippen LogP contribution in [0.4, 0.5) is 10.1 Å². The number of carbonyl (C=O) groups is 1. The number of rotatable bonds is 4. The van der Waals surface area contributed by atoms with Gasteiger partial charge in [0.15, 0.2) is 0 Å². The number of likely N-dealkylation sites (tertiary alicyclic amines) is 1. The van der Waals surface area contributed by atoms with Crippen molar-refractivity contribution in [2.24, 2.45) is 5.41 Å². The average Bonchev–Trinajstić information content (AvgIpc) is 2.40. The second kappa shape index (κ2) is 5.77. The van der Waals surface area contributed by atoms with E-state index in [9.17, 15) is 19.3 Å². The van der Waals surface area contributed by atoms with Crippen LogP contribution in [0.3, 0.4) is 0 Å². The topological polar surface area (TPSA) is 83.7 Å². The summed E-state index contributed by atoms with van der Waals surface area (Å²) in [6.07, 6.45) is 1.03. The molecule has 0 spiro atoms. The Morgan fingerprint density at radius 3 is 2.57 bits per heavy atom. The van der Waals surface area contributed by atoms with Crippen molar-refractivity contribution < 1.29 is 19.2 Å². The fraction of sp³-hybridized carbons (Fsp3) is 0.500. The summed E-state index contributed by atoms with van der Waals surface area (Å²) in [6, 6.07) is 3.52. The van der Waals surface area contributed by atoms with Crippen LogP contribution in [-0.2, 0) is 11.3 Å². The maximum atomic E-state index is 13.4. The number of aliphatic carboxylic acids is 1. The molecule has 0 atom stereocenters. The maximum absolute atomic E-state index is 13.4. The highest BCUT2D eigenvalue weighted by molar-refractivity contribution is 5.74. The van der Waals surface area contributed by atoms with Crippen LogP contribution in [0.2, 0.25) is 0 Å². The van der Waals surface area contributed by atoms with Gasteiger partial charge in [0, 0.05) is 12.6 Å². The standard InChI is InChI=1S/C14H17FN2O4/c1-14(13(18)19)2-4-16(5-3-14)9-10-6-11(15)8-12(7-10)17(20)21/h6-8H,2-5,9H2,1H3,(H,18,19). The summed E-state index contributed by atoms with van der Waals surface area (Å²) in [6.45, 7) is 3.26. The van der Waals surface area contributed by atoms with Crippen LogP contribution >= 0.6 is 0 Å². The molecule has 1 aromatic rings. The first-order valence-corrected chi connectivity index (χ1v) is 6.70. The van der Waals surface area contributed by atoms with Gasteiger partial charge in [0.2, 0.25) is 0 Å². The number of hydrogen-bond donors (Lipinski definition) is 1. The lowest BCUT2D eigenvalue weighted by atomic mass is 9.80. The molecular formula is C14H17FN2O4. The maximum Gasteiger partial charge on any atom is 0.309 e. The molecule has 1 aliphatic heterocycles. The van der Waals surface area contributed by atoms with Gasteiger partial charge in [0.1, 0.15) is 5.82 Å². The van der Waals surface area contributed by atoms with Crippen molar-refractivity contribution in [3.63, 3.8) is 0 Å². The minimum atomic E-state index is -0.802. The predicted octanol–water partition coefficient (Wildman–Crippen LogP) is 2.42. The van der Waals surface area contributed by atoms with Gasteiger partial charge in [0.25, 0.3) is 5.69 Å². The number of hydrogen-bond acceptors (Lipinski definition) is 4. The number of carboxylic acids is 1. The molecule has 0 bridgehead atoms. The van der Waals surface area contributed by atoms with Crippen molar-refractivity contribution in [2.45, 2.75) is 26.3 Å². The first-order chi connectivity index (χ1) is 9.80. The summed E-state index contributed by atoms with van der Waals surface area (Å²) in [5.74, 6) is -1.44. The third kappa shape index (κ3) is 3.55. The number of nitrogens with zero attached hydrogens (tertiary/aromatic N) is 2. The molecular weight excluding hydrogens is 279 g/mol. The molecule has 0 amide bonds. The number of piperidine rings is 1. The quantitative estimate of drug-likeness (QED) is 0.681. The molecule has 0 saturated carbocycles. The van der Waals surface area contributed by atoms with E-state index >= 15 is 0 Å². The van der Waals surface area contributed by atoms with Gasteiger partial charge in [-0.2, -0.15) is 0 Å². The first-order valence-electron chi connectivity index (χ1n) is 6.70. The summed E-state index contributed by atoms with van der Waals surface area (Å²) >= 11 is 0. The molecule has 1 saturated heterocycles. The highest BCUT2D eigenvalue weighted by Gasteiger charge is 2.36. The summed E-state index contributed by atoms with van der Waals surface area (Å²) < 4.78 is 13.4. The predicted molar refractivity (Wildman–Crippen MR) is 73.3 cm³/mol. The zero-order valence-corrected chi connectivity index (χ0v) is 11.7. The molecule has 0 unspecified atom stereocenters. The Bertz CT molecular complexity index is 568. The SMILES string of the molecule is CC1(C(=O)O)CCN(Cc2cc(F)cc([N+](=O)[O-])c2)CC1. The van der Waals surface area contributed by atoms with Gasteiger partial charge in [-0.25, -0.2) is 4.39 Å².